The largest absolute Gasteiger partial charge is 0.457 e. The monoisotopic (exact) mass is 258 g/mol. The first kappa shape index (κ1) is 12.7. The van der Waals surface area contributed by atoms with Gasteiger partial charge in [0.15, 0.2) is 6.29 Å². The van der Waals surface area contributed by atoms with E-state index in [9.17, 15) is 4.79 Å². The SMILES string of the molecule is CCSc1ccc(Oc2ccccc2C=O)cc1. The van der Waals surface area contributed by atoms with Crippen LogP contribution in [0.25, 0.3) is 0 Å². The quantitative estimate of drug-likeness (QED) is 0.587. The number of hydrogen-bond acceptors (Lipinski definition) is 3. The zero-order chi connectivity index (χ0) is 12.8. The second-order valence-corrected chi connectivity index (χ2v) is 5.00. The van der Waals surface area contributed by atoms with Crippen molar-refractivity contribution in [2.45, 2.75) is 11.8 Å². The molecule has 2 nitrogen and oxygen atoms in total. The van der Waals surface area contributed by atoms with Crippen molar-refractivity contribution >= 4 is 18.0 Å². The summed E-state index contributed by atoms with van der Waals surface area (Å²) >= 11 is 1.79. The fourth-order valence-electron chi connectivity index (χ4n) is 1.57. The van der Waals surface area contributed by atoms with Crippen LogP contribution >= 0.6 is 11.8 Å². The lowest BCUT2D eigenvalue weighted by atomic mass is 10.2. The van der Waals surface area contributed by atoms with Gasteiger partial charge < -0.3 is 4.74 Å². The normalized spacial score (nSPS) is 10.1. The lowest BCUT2D eigenvalue weighted by molar-refractivity contribution is 0.112. The summed E-state index contributed by atoms with van der Waals surface area (Å²) < 4.78 is 5.69. The molecule has 0 unspecified atom stereocenters. The average molecular weight is 258 g/mol. The van der Waals surface area contributed by atoms with Crippen LogP contribution in [0.3, 0.4) is 0 Å². The summed E-state index contributed by atoms with van der Waals surface area (Å²) in [5, 5.41) is 0. The van der Waals surface area contributed by atoms with Crippen molar-refractivity contribution in [1.29, 1.82) is 0 Å². The van der Waals surface area contributed by atoms with Crippen LogP contribution in [0.1, 0.15) is 17.3 Å². The standard InChI is InChI=1S/C15H14O2S/c1-2-18-14-9-7-13(8-10-14)17-15-6-4-3-5-12(15)11-16/h3-11H,2H2,1H3. The molecule has 2 aromatic rings. The Labute approximate surface area is 111 Å². The number of carbonyl (C=O) groups excluding carboxylic acids is 1. The minimum atomic E-state index is 0.560. The number of benzene rings is 2. The molecule has 0 radical (unpaired) electrons. The third-order valence-electron chi connectivity index (χ3n) is 2.41. The van der Waals surface area contributed by atoms with Crippen LogP contribution in [0, 0.1) is 0 Å². The molecule has 0 atom stereocenters. The second-order valence-electron chi connectivity index (χ2n) is 3.66. The highest BCUT2D eigenvalue weighted by Crippen LogP contribution is 2.26. The van der Waals surface area contributed by atoms with Gasteiger partial charge in [-0.1, -0.05) is 19.1 Å². The molecule has 0 aliphatic heterocycles. The minimum absolute atomic E-state index is 0.560. The fraction of sp³-hybridized carbons (Fsp3) is 0.133. The lowest BCUT2D eigenvalue weighted by Gasteiger charge is -2.08. The van der Waals surface area contributed by atoms with Gasteiger partial charge in [0.05, 0.1) is 5.56 Å². The lowest BCUT2D eigenvalue weighted by Crippen LogP contribution is -1.89. The third-order valence-corrected chi connectivity index (χ3v) is 3.30. The van der Waals surface area contributed by atoms with Crippen molar-refractivity contribution in [2.24, 2.45) is 0 Å². The molecular formula is C15H14O2S. The Morgan fingerprint density at radius 3 is 2.50 bits per heavy atom. The highest BCUT2D eigenvalue weighted by atomic mass is 32.2. The van der Waals surface area contributed by atoms with Gasteiger partial charge in [-0.25, -0.2) is 0 Å². The molecule has 2 rings (SSSR count). The van der Waals surface area contributed by atoms with E-state index in [-0.39, 0.29) is 0 Å². The Bertz CT molecular complexity index is 520. The van der Waals surface area contributed by atoms with Gasteiger partial charge in [-0.05, 0) is 42.2 Å². The summed E-state index contributed by atoms with van der Waals surface area (Å²) in [7, 11) is 0. The maximum Gasteiger partial charge on any atom is 0.153 e. The molecule has 0 fully saturated rings. The van der Waals surface area contributed by atoms with Gasteiger partial charge in [0.25, 0.3) is 0 Å². The van der Waals surface area contributed by atoms with Crippen molar-refractivity contribution in [1.82, 2.24) is 0 Å². The van der Waals surface area contributed by atoms with Gasteiger partial charge in [-0.3, -0.25) is 4.79 Å². The second kappa shape index (κ2) is 6.26. The summed E-state index contributed by atoms with van der Waals surface area (Å²) in [6.07, 6.45) is 0.802. The van der Waals surface area contributed by atoms with E-state index in [1.54, 1.807) is 23.9 Å². The topological polar surface area (TPSA) is 26.3 Å². The van der Waals surface area contributed by atoms with Crippen LogP contribution in [-0.4, -0.2) is 12.0 Å². The molecule has 0 aromatic heterocycles. The summed E-state index contributed by atoms with van der Waals surface area (Å²) in [5.74, 6) is 2.38. The number of rotatable bonds is 5. The Hall–Kier alpha value is -1.74. The third kappa shape index (κ3) is 3.14. The molecule has 0 spiro atoms. The highest BCUT2D eigenvalue weighted by Gasteiger charge is 2.03. The van der Waals surface area contributed by atoms with Gasteiger partial charge in [-0.2, -0.15) is 0 Å². The maximum atomic E-state index is 10.9. The van der Waals surface area contributed by atoms with E-state index in [1.165, 1.54) is 4.90 Å². The first-order valence-electron chi connectivity index (χ1n) is 5.78. The number of hydrogen-bond donors (Lipinski definition) is 0. The van der Waals surface area contributed by atoms with E-state index in [1.807, 2.05) is 36.4 Å². The first-order valence-corrected chi connectivity index (χ1v) is 6.77. The van der Waals surface area contributed by atoms with E-state index < -0.39 is 0 Å². The van der Waals surface area contributed by atoms with Crippen LogP contribution in [0.15, 0.2) is 53.4 Å². The van der Waals surface area contributed by atoms with Crippen LogP contribution in [-0.2, 0) is 0 Å². The summed E-state index contributed by atoms with van der Waals surface area (Å²) in [6.45, 7) is 2.12. The number of thioether (sulfide) groups is 1. The fourth-order valence-corrected chi connectivity index (χ4v) is 2.23. The number of ether oxygens (including phenoxy) is 1. The molecule has 0 aliphatic carbocycles. The smallest absolute Gasteiger partial charge is 0.153 e. The molecule has 0 heterocycles. The van der Waals surface area contributed by atoms with Crippen molar-refractivity contribution in [3.05, 3.63) is 54.1 Å². The first-order chi connectivity index (χ1) is 8.83. The Morgan fingerprint density at radius 1 is 1.11 bits per heavy atom. The van der Waals surface area contributed by atoms with Crippen LogP contribution in [0.5, 0.6) is 11.5 Å². The Morgan fingerprint density at radius 2 is 1.83 bits per heavy atom. The van der Waals surface area contributed by atoms with Gasteiger partial charge in [0.2, 0.25) is 0 Å². The van der Waals surface area contributed by atoms with Crippen molar-refractivity contribution in [3.63, 3.8) is 0 Å². The molecular weight excluding hydrogens is 244 g/mol. The van der Waals surface area contributed by atoms with Gasteiger partial charge >= 0.3 is 0 Å². The summed E-state index contributed by atoms with van der Waals surface area (Å²) in [5.41, 5.74) is 0.560. The molecule has 0 saturated carbocycles. The predicted molar refractivity (Wildman–Crippen MR) is 74.7 cm³/mol. The summed E-state index contributed by atoms with van der Waals surface area (Å²) in [6, 6.07) is 15.1. The van der Waals surface area contributed by atoms with Crippen LogP contribution in [0.4, 0.5) is 0 Å². The minimum Gasteiger partial charge on any atom is -0.457 e. The zero-order valence-corrected chi connectivity index (χ0v) is 10.9. The molecule has 0 N–H and O–H groups in total. The van der Waals surface area contributed by atoms with E-state index in [2.05, 4.69) is 6.92 Å². The maximum absolute atomic E-state index is 10.9. The zero-order valence-electron chi connectivity index (χ0n) is 10.1. The van der Waals surface area contributed by atoms with Crippen LogP contribution in [0.2, 0.25) is 0 Å². The number of carbonyl (C=O) groups is 1. The highest BCUT2D eigenvalue weighted by molar-refractivity contribution is 7.99. The molecule has 0 bridgehead atoms. The molecule has 2 aromatic carbocycles. The Kier molecular flexibility index (Phi) is 4.42. The van der Waals surface area contributed by atoms with E-state index in [0.29, 0.717) is 11.3 Å². The van der Waals surface area contributed by atoms with Gasteiger partial charge in [0, 0.05) is 4.90 Å². The number of para-hydroxylation sites is 1. The Balaban J connectivity index is 2.15. The van der Waals surface area contributed by atoms with Crippen molar-refractivity contribution in [2.75, 3.05) is 5.75 Å². The number of aldehydes is 1. The summed E-state index contributed by atoms with van der Waals surface area (Å²) in [4.78, 5) is 12.1. The van der Waals surface area contributed by atoms with E-state index >= 15 is 0 Å². The van der Waals surface area contributed by atoms with Crippen LogP contribution < -0.4 is 4.74 Å². The van der Waals surface area contributed by atoms with Gasteiger partial charge in [0.1, 0.15) is 11.5 Å². The average Bonchev–Trinajstić information content (AvgIpc) is 2.42. The molecule has 0 aliphatic rings. The van der Waals surface area contributed by atoms with Gasteiger partial charge in [-0.15, -0.1) is 11.8 Å². The van der Waals surface area contributed by atoms with E-state index in [4.69, 9.17) is 4.74 Å². The molecule has 92 valence electrons. The molecule has 0 amide bonds. The van der Waals surface area contributed by atoms with E-state index in [0.717, 1.165) is 17.8 Å². The molecule has 0 saturated heterocycles. The molecule has 18 heavy (non-hydrogen) atoms. The van der Waals surface area contributed by atoms with Crippen molar-refractivity contribution in [3.8, 4) is 11.5 Å². The predicted octanol–water partition coefficient (Wildman–Crippen LogP) is 4.40. The molecule has 3 heteroatoms. The van der Waals surface area contributed by atoms with Crippen molar-refractivity contribution < 1.29 is 9.53 Å².